The van der Waals surface area contributed by atoms with E-state index < -0.39 is 10.0 Å². The number of carbonyl (C=O) groups excluding carboxylic acids is 1. The third-order valence-corrected chi connectivity index (χ3v) is 7.30. The van der Waals surface area contributed by atoms with Crippen molar-refractivity contribution in [2.75, 3.05) is 23.4 Å². The summed E-state index contributed by atoms with van der Waals surface area (Å²) in [5.41, 5.74) is 2.08. The maximum Gasteiger partial charge on any atom is 0.251 e. The molecular weight excluding hydrogens is 428 g/mol. The fourth-order valence-electron chi connectivity index (χ4n) is 3.43. The van der Waals surface area contributed by atoms with Crippen LogP contribution >= 0.6 is 11.8 Å². The summed E-state index contributed by atoms with van der Waals surface area (Å²) in [6.45, 7) is 5.24. The number of benzene rings is 2. The molecule has 0 saturated heterocycles. The predicted octanol–water partition coefficient (Wildman–Crippen LogP) is 5.32. The molecule has 0 spiro atoms. The summed E-state index contributed by atoms with van der Waals surface area (Å²) in [4.78, 5) is 13.4. The van der Waals surface area contributed by atoms with Crippen molar-refractivity contribution in [3.63, 3.8) is 0 Å². The fraction of sp³-hybridized carbons (Fsp3) is 0.458. The SMILES string of the molecule is CCCC[C@@H](CC)CNC(=O)c1ccc(CN(c2ccccc2SC)S(C)(=O)=O)cc1. The smallest absolute Gasteiger partial charge is 0.251 e. The highest BCUT2D eigenvalue weighted by Crippen LogP contribution is 2.31. The van der Waals surface area contributed by atoms with Crippen LogP contribution in [0.15, 0.2) is 53.4 Å². The Morgan fingerprint density at radius 2 is 1.77 bits per heavy atom. The van der Waals surface area contributed by atoms with Crippen LogP contribution in [0.4, 0.5) is 5.69 Å². The molecule has 2 aromatic carbocycles. The molecule has 2 aromatic rings. The number of nitrogens with zero attached hydrogens (tertiary/aromatic N) is 1. The second-order valence-electron chi connectivity index (χ2n) is 7.76. The van der Waals surface area contributed by atoms with E-state index in [0.29, 0.717) is 23.7 Å². The third-order valence-electron chi connectivity index (χ3n) is 5.39. The number of rotatable bonds is 12. The van der Waals surface area contributed by atoms with Gasteiger partial charge in [-0.15, -0.1) is 11.8 Å². The van der Waals surface area contributed by atoms with E-state index in [-0.39, 0.29) is 12.5 Å². The van der Waals surface area contributed by atoms with Gasteiger partial charge in [0.25, 0.3) is 5.91 Å². The average molecular weight is 463 g/mol. The Morgan fingerprint density at radius 3 is 2.35 bits per heavy atom. The van der Waals surface area contributed by atoms with Gasteiger partial charge in [0.15, 0.2) is 0 Å². The number of anilines is 1. The van der Waals surface area contributed by atoms with Crippen LogP contribution in [-0.2, 0) is 16.6 Å². The van der Waals surface area contributed by atoms with Gasteiger partial charge in [0.1, 0.15) is 0 Å². The molecule has 0 fully saturated rings. The van der Waals surface area contributed by atoms with Crippen molar-refractivity contribution in [1.29, 1.82) is 0 Å². The Labute approximate surface area is 191 Å². The van der Waals surface area contributed by atoms with E-state index >= 15 is 0 Å². The molecule has 0 radical (unpaired) electrons. The zero-order valence-electron chi connectivity index (χ0n) is 18.9. The summed E-state index contributed by atoms with van der Waals surface area (Å²) < 4.78 is 26.4. The number of nitrogens with one attached hydrogen (secondary N) is 1. The molecule has 31 heavy (non-hydrogen) atoms. The standard InChI is InChI=1S/C24H34N2O3S2/c1-5-7-10-19(6-2)17-25-24(27)21-15-13-20(14-16-21)18-26(31(4,28)29)22-11-8-9-12-23(22)30-3/h8-9,11-16,19H,5-7,10,17-18H2,1-4H3,(H,25,27)/t19-/m1/s1. The Bertz CT molecular complexity index is 944. The predicted molar refractivity (Wildman–Crippen MR) is 131 cm³/mol. The van der Waals surface area contributed by atoms with E-state index in [2.05, 4.69) is 19.2 Å². The lowest BCUT2D eigenvalue weighted by Gasteiger charge is -2.24. The maximum atomic E-state index is 12.5. The van der Waals surface area contributed by atoms with Crippen LogP contribution in [0.1, 0.15) is 55.5 Å². The molecule has 1 atom stereocenters. The largest absolute Gasteiger partial charge is 0.352 e. The first-order valence-electron chi connectivity index (χ1n) is 10.8. The second-order valence-corrected chi connectivity index (χ2v) is 10.5. The minimum atomic E-state index is -3.46. The molecule has 170 valence electrons. The van der Waals surface area contributed by atoms with Crippen LogP contribution in [0.25, 0.3) is 0 Å². The molecule has 7 heteroatoms. The van der Waals surface area contributed by atoms with Crippen LogP contribution in [0.2, 0.25) is 0 Å². The normalized spacial score (nSPS) is 12.4. The van der Waals surface area contributed by atoms with Gasteiger partial charge in [-0.1, -0.05) is 57.4 Å². The number of sulfonamides is 1. The molecule has 0 aliphatic carbocycles. The molecule has 0 aliphatic heterocycles. The summed E-state index contributed by atoms with van der Waals surface area (Å²) in [6.07, 6.45) is 7.67. The van der Waals surface area contributed by atoms with Crippen LogP contribution in [-0.4, -0.2) is 33.4 Å². The topological polar surface area (TPSA) is 66.5 Å². The molecule has 5 nitrogen and oxygen atoms in total. The highest BCUT2D eigenvalue weighted by molar-refractivity contribution is 7.99. The van der Waals surface area contributed by atoms with E-state index in [0.717, 1.165) is 29.7 Å². The molecular formula is C24H34N2O3S2. The highest BCUT2D eigenvalue weighted by Gasteiger charge is 2.20. The van der Waals surface area contributed by atoms with Crippen molar-refractivity contribution in [1.82, 2.24) is 5.32 Å². The number of hydrogen-bond acceptors (Lipinski definition) is 4. The molecule has 1 amide bonds. The first-order chi connectivity index (χ1) is 14.8. The number of unbranched alkanes of at least 4 members (excludes halogenated alkanes) is 1. The van der Waals surface area contributed by atoms with Gasteiger partial charge >= 0.3 is 0 Å². The quantitative estimate of drug-likeness (QED) is 0.434. The Kier molecular flexibility index (Phi) is 9.91. The van der Waals surface area contributed by atoms with Gasteiger partial charge in [-0.3, -0.25) is 9.10 Å². The number of carbonyl (C=O) groups is 1. The molecule has 0 bridgehead atoms. The molecule has 0 aliphatic rings. The van der Waals surface area contributed by atoms with Gasteiger partial charge in [0.05, 0.1) is 18.5 Å². The summed E-state index contributed by atoms with van der Waals surface area (Å²) in [7, 11) is -3.46. The van der Waals surface area contributed by atoms with Crippen LogP contribution < -0.4 is 9.62 Å². The van der Waals surface area contributed by atoms with Crippen molar-refractivity contribution in [3.05, 3.63) is 59.7 Å². The van der Waals surface area contributed by atoms with Crippen molar-refractivity contribution < 1.29 is 13.2 Å². The number of thioether (sulfide) groups is 1. The van der Waals surface area contributed by atoms with Gasteiger partial charge in [-0.05, 0) is 48.4 Å². The van der Waals surface area contributed by atoms with Gasteiger partial charge in [-0.2, -0.15) is 0 Å². The molecule has 0 aromatic heterocycles. The second kappa shape index (κ2) is 12.2. The summed E-state index contributed by atoms with van der Waals surface area (Å²) in [5.74, 6) is 0.414. The Hall–Kier alpha value is -1.99. The van der Waals surface area contributed by atoms with E-state index in [1.807, 2.05) is 42.7 Å². The molecule has 1 N–H and O–H groups in total. The average Bonchev–Trinajstić information content (AvgIpc) is 2.77. The Morgan fingerprint density at radius 1 is 1.10 bits per heavy atom. The zero-order chi connectivity index (χ0) is 22.9. The maximum absolute atomic E-state index is 12.5. The summed E-state index contributed by atoms with van der Waals surface area (Å²) in [5, 5.41) is 3.04. The van der Waals surface area contributed by atoms with Crippen LogP contribution in [0.3, 0.4) is 0 Å². The zero-order valence-corrected chi connectivity index (χ0v) is 20.6. The van der Waals surface area contributed by atoms with Gasteiger partial charge in [-0.25, -0.2) is 8.42 Å². The van der Waals surface area contributed by atoms with Gasteiger partial charge in [0.2, 0.25) is 10.0 Å². The van der Waals surface area contributed by atoms with Crippen molar-refractivity contribution in [2.45, 2.75) is 51.0 Å². The minimum absolute atomic E-state index is 0.0887. The van der Waals surface area contributed by atoms with Crippen molar-refractivity contribution in [3.8, 4) is 0 Å². The Balaban J connectivity index is 2.10. The van der Waals surface area contributed by atoms with E-state index in [1.165, 1.54) is 28.7 Å². The van der Waals surface area contributed by atoms with Gasteiger partial charge in [0, 0.05) is 17.0 Å². The summed E-state index contributed by atoms with van der Waals surface area (Å²) in [6, 6.07) is 14.6. The molecule has 0 saturated carbocycles. The van der Waals surface area contributed by atoms with E-state index in [9.17, 15) is 13.2 Å². The molecule has 0 unspecified atom stereocenters. The lowest BCUT2D eigenvalue weighted by Crippen LogP contribution is -2.30. The first kappa shape index (κ1) is 25.3. The third kappa shape index (κ3) is 7.58. The first-order valence-corrected chi connectivity index (χ1v) is 13.8. The number of amides is 1. The monoisotopic (exact) mass is 462 g/mol. The van der Waals surface area contributed by atoms with Crippen molar-refractivity contribution >= 4 is 33.4 Å². The van der Waals surface area contributed by atoms with E-state index in [1.54, 1.807) is 12.1 Å². The molecule has 2 rings (SSSR count). The minimum Gasteiger partial charge on any atom is -0.352 e. The molecule has 0 heterocycles. The summed E-state index contributed by atoms with van der Waals surface area (Å²) >= 11 is 1.51. The van der Waals surface area contributed by atoms with Gasteiger partial charge < -0.3 is 5.32 Å². The highest BCUT2D eigenvalue weighted by atomic mass is 32.2. The lowest BCUT2D eigenvalue weighted by atomic mass is 9.99. The van der Waals surface area contributed by atoms with Crippen LogP contribution in [0.5, 0.6) is 0 Å². The number of hydrogen-bond donors (Lipinski definition) is 1. The van der Waals surface area contributed by atoms with Crippen LogP contribution in [0, 0.1) is 5.92 Å². The van der Waals surface area contributed by atoms with E-state index in [4.69, 9.17) is 0 Å². The number of para-hydroxylation sites is 1. The van der Waals surface area contributed by atoms with Crippen molar-refractivity contribution in [2.24, 2.45) is 5.92 Å². The lowest BCUT2D eigenvalue weighted by molar-refractivity contribution is 0.0946. The fourth-order valence-corrected chi connectivity index (χ4v) is 4.99.